The Morgan fingerprint density at radius 1 is 1.35 bits per heavy atom. The monoisotopic (exact) mass is 289 g/mol. The molecule has 0 radical (unpaired) electrons. The van der Waals surface area contributed by atoms with Crippen LogP contribution in [-0.2, 0) is 6.54 Å². The Bertz CT molecular complexity index is 625. The molecule has 106 valence electrons. The van der Waals surface area contributed by atoms with Gasteiger partial charge in [0.2, 0.25) is 0 Å². The van der Waals surface area contributed by atoms with Crippen LogP contribution in [0.4, 0.5) is 0 Å². The third kappa shape index (κ3) is 4.21. The van der Waals surface area contributed by atoms with E-state index in [2.05, 4.69) is 47.3 Å². The zero-order chi connectivity index (χ0) is 14.4. The molecule has 0 bridgehead atoms. The molecule has 0 amide bonds. The minimum atomic E-state index is -0.125. The Morgan fingerprint density at radius 2 is 2.20 bits per heavy atom. The van der Waals surface area contributed by atoms with E-state index in [1.54, 1.807) is 0 Å². The van der Waals surface area contributed by atoms with E-state index in [1.807, 2.05) is 0 Å². The first-order chi connectivity index (χ1) is 9.69. The van der Waals surface area contributed by atoms with Crippen molar-refractivity contribution in [3.05, 3.63) is 51.9 Å². The van der Waals surface area contributed by atoms with Gasteiger partial charge >= 0.3 is 0 Å². The van der Waals surface area contributed by atoms with Crippen molar-refractivity contribution < 1.29 is 0 Å². The lowest BCUT2D eigenvalue weighted by Crippen LogP contribution is -2.13. The average molecular weight is 289 g/mol. The van der Waals surface area contributed by atoms with Crippen molar-refractivity contribution in [2.75, 3.05) is 6.54 Å². The van der Waals surface area contributed by atoms with Crippen LogP contribution in [0.5, 0.6) is 0 Å². The number of nitrogens with zero attached hydrogens (tertiary/aromatic N) is 1. The Kier molecular flexibility index (Phi) is 5.38. The zero-order valence-electron chi connectivity index (χ0n) is 11.8. The van der Waals surface area contributed by atoms with Crippen molar-refractivity contribution in [1.82, 2.24) is 15.3 Å². The highest BCUT2D eigenvalue weighted by Gasteiger charge is 2.04. The van der Waals surface area contributed by atoms with Crippen molar-refractivity contribution in [1.29, 1.82) is 0 Å². The molecule has 5 heteroatoms. The van der Waals surface area contributed by atoms with Crippen molar-refractivity contribution in [3.63, 3.8) is 0 Å². The number of nitrogens with one attached hydrogen (secondary N) is 2. The molecule has 0 saturated heterocycles. The SMILES string of the molecule is CCCNCc1ccc(Sc2nccc(=O)[nH]2)c(C)c1. The van der Waals surface area contributed by atoms with E-state index in [-0.39, 0.29) is 5.56 Å². The maximum Gasteiger partial charge on any atom is 0.251 e. The first-order valence-electron chi connectivity index (χ1n) is 6.72. The van der Waals surface area contributed by atoms with Crippen molar-refractivity contribution >= 4 is 11.8 Å². The zero-order valence-corrected chi connectivity index (χ0v) is 12.6. The molecule has 0 spiro atoms. The van der Waals surface area contributed by atoms with E-state index >= 15 is 0 Å². The van der Waals surface area contributed by atoms with Gasteiger partial charge in [-0.3, -0.25) is 4.79 Å². The Morgan fingerprint density at radius 3 is 2.90 bits per heavy atom. The topological polar surface area (TPSA) is 57.8 Å². The maximum absolute atomic E-state index is 11.2. The Hall–Kier alpha value is -1.59. The van der Waals surface area contributed by atoms with E-state index in [0.717, 1.165) is 24.4 Å². The van der Waals surface area contributed by atoms with Gasteiger partial charge in [-0.1, -0.05) is 30.8 Å². The van der Waals surface area contributed by atoms with Gasteiger partial charge in [0.1, 0.15) is 0 Å². The van der Waals surface area contributed by atoms with Gasteiger partial charge in [0.25, 0.3) is 5.56 Å². The summed E-state index contributed by atoms with van der Waals surface area (Å²) in [5.41, 5.74) is 2.34. The van der Waals surface area contributed by atoms with Gasteiger partial charge < -0.3 is 10.3 Å². The minimum Gasteiger partial charge on any atom is -0.313 e. The highest BCUT2D eigenvalue weighted by atomic mass is 32.2. The third-order valence-corrected chi connectivity index (χ3v) is 3.93. The van der Waals surface area contributed by atoms with E-state index in [1.165, 1.54) is 35.2 Å². The van der Waals surface area contributed by atoms with Crippen LogP contribution in [0, 0.1) is 6.92 Å². The van der Waals surface area contributed by atoms with Crippen LogP contribution in [0.15, 0.2) is 45.3 Å². The first kappa shape index (κ1) is 14.8. The molecule has 20 heavy (non-hydrogen) atoms. The van der Waals surface area contributed by atoms with Gasteiger partial charge in [0, 0.05) is 23.7 Å². The number of hydrogen-bond acceptors (Lipinski definition) is 4. The summed E-state index contributed by atoms with van der Waals surface area (Å²) in [7, 11) is 0. The maximum atomic E-state index is 11.2. The summed E-state index contributed by atoms with van der Waals surface area (Å²) in [6.45, 7) is 6.16. The van der Waals surface area contributed by atoms with E-state index in [9.17, 15) is 4.79 Å². The largest absolute Gasteiger partial charge is 0.313 e. The summed E-state index contributed by atoms with van der Waals surface area (Å²) in [6.07, 6.45) is 2.67. The fourth-order valence-corrected chi connectivity index (χ4v) is 2.68. The Balaban J connectivity index is 2.07. The molecule has 4 nitrogen and oxygen atoms in total. The van der Waals surface area contributed by atoms with Crippen LogP contribution >= 0.6 is 11.8 Å². The first-order valence-corrected chi connectivity index (χ1v) is 7.54. The number of benzene rings is 1. The predicted octanol–water partition coefficient (Wildman–Crippen LogP) is 2.73. The molecule has 2 rings (SSSR count). The summed E-state index contributed by atoms with van der Waals surface area (Å²) in [5, 5.41) is 4.01. The fraction of sp³-hybridized carbons (Fsp3) is 0.333. The van der Waals surface area contributed by atoms with Gasteiger partial charge in [-0.05, 0) is 37.1 Å². The molecule has 0 fully saturated rings. The second-order valence-corrected chi connectivity index (χ2v) is 5.65. The summed E-state index contributed by atoms with van der Waals surface area (Å²) in [5.74, 6) is 0. The quantitative estimate of drug-likeness (QED) is 0.634. The summed E-state index contributed by atoms with van der Waals surface area (Å²) >= 11 is 1.48. The van der Waals surface area contributed by atoms with Crippen molar-refractivity contribution in [3.8, 4) is 0 Å². The molecule has 0 saturated carbocycles. The summed E-state index contributed by atoms with van der Waals surface area (Å²) in [4.78, 5) is 19.2. The van der Waals surface area contributed by atoms with Crippen molar-refractivity contribution in [2.45, 2.75) is 36.9 Å². The van der Waals surface area contributed by atoms with E-state index in [4.69, 9.17) is 0 Å². The van der Waals surface area contributed by atoms with E-state index in [0.29, 0.717) is 5.16 Å². The van der Waals surface area contributed by atoms with Crippen LogP contribution in [0.2, 0.25) is 0 Å². The molecule has 2 N–H and O–H groups in total. The van der Waals surface area contributed by atoms with Gasteiger partial charge in [-0.25, -0.2) is 4.98 Å². The molecule has 1 aromatic carbocycles. The average Bonchev–Trinajstić information content (AvgIpc) is 2.42. The second-order valence-electron chi connectivity index (χ2n) is 4.62. The number of aromatic amines is 1. The molecule has 1 aromatic heterocycles. The van der Waals surface area contributed by atoms with Crippen LogP contribution in [0.1, 0.15) is 24.5 Å². The molecule has 2 aromatic rings. The lowest BCUT2D eigenvalue weighted by atomic mass is 10.1. The highest BCUT2D eigenvalue weighted by molar-refractivity contribution is 7.99. The van der Waals surface area contributed by atoms with Gasteiger partial charge in [0.15, 0.2) is 5.16 Å². The molecule has 0 aliphatic carbocycles. The van der Waals surface area contributed by atoms with Gasteiger partial charge in [-0.2, -0.15) is 0 Å². The molecular formula is C15H19N3OS. The predicted molar refractivity (Wildman–Crippen MR) is 82.2 cm³/mol. The van der Waals surface area contributed by atoms with Crippen LogP contribution in [0.25, 0.3) is 0 Å². The molecular weight excluding hydrogens is 270 g/mol. The number of H-pyrrole nitrogens is 1. The standard InChI is InChI=1S/C15H19N3OS/c1-3-7-16-10-12-4-5-13(11(2)9-12)20-15-17-8-6-14(19)18-15/h4-6,8-9,16H,3,7,10H2,1-2H3,(H,17,18,19). The molecule has 0 unspecified atom stereocenters. The Labute approximate surface area is 123 Å². The highest BCUT2D eigenvalue weighted by Crippen LogP contribution is 2.27. The van der Waals surface area contributed by atoms with Crippen LogP contribution < -0.4 is 10.9 Å². The fourth-order valence-electron chi connectivity index (χ4n) is 1.85. The summed E-state index contributed by atoms with van der Waals surface area (Å²) in [6, 6.07) is 7.78. The number of aromatic nitrogens is 2. The third-order valence-electron chi connectivity index (χ3n) is 2.85. The molecule has 0 atom stereocenters. The molecule has 0 aliphatic heterocycles. The lowest BCUT2D eigenvalue weighted by molar-refractivity contribution is 0.675. The summed E-state index contributed by atoms with van der Waals surface area (Å²) < 4.78 is 0. The number of aryl methyl sites for hydroxylation is 1. The van der Waals surface area contributed by atoms with Crippen molar-refractivity contribution in [2.24, 2.45) is 0 Å². The van der Waals surface area contributed by atoms with Gasteiger partial charge in [-0.15, -0.1) is 0 Å². The lowest BCUT2D eigenvalue weighted by Gasteiger charge is -2.08. The van der Waals surface area contributed by atoms with Gasteiger partial charge in [0.05, 0.1) is 0 Å². The molecule has 0 aliphatic rings. The normalized spacial score (nSPS) is 10.7. The smallest absolute Gasteiger partial charge is 0.251 e. The minimum absolute atomic E-state index is 0.125. The molecule has 1 heterocycles. The van der Waals surface area contributed by atoms with E-state index < -0.39 is 0 Å². The number of rotatable bonds is 6. The second kappa shape index (κ2) is 7.26. The number of hydrogen-bond donors (Lipinski definition) is 2. The van der Waals surface area contributed by atoms with Crippen LogP contribution in [0.3, 0.4) is 0 Å². The van der Waals surface area contributed by atoms with Crippen LogP contribution in [-0.4, -0.2) is 16.5 Å².